The van der Waals surface area contributed by atoms with Crippen LogP contribution in [0.1, 0.15) is 5.56 Å². The fourth-order valence-corrected chi connectivity index (χ4v) is 1.39. The quantitative estimate of drug-likeness (QED) is 0.663. The molecule has 2 aromatic rings. The highest BCUT2D eigenvalue weighted by Crippen LogP contribution is 2.13. The van der Waals surface area contributed by atoms with Crippen LogP contribution in [-0.4, -0.2) is 21.1 Å². The number of nitrogens with one attached hydrogen (secondary N) is 1. The topological polar surface area (TPSA) is 46.0 Å². The van der Waals surface area contributed by atoms with Crippen LogP contribution in [0.25, 0.3) is 0 Å². The highest BCUT2D eigenvalue weighted by atomic mass is 35.5. The standard InChI is InChI=1S/C9H6ClFN4S/c10-7-1-2-8(11)6(3-7)4-13-15-5-12-14-9(15)16/h1-5H,(H,14,16)/b13-4+. The summed E-state index contributed by atoms with van der Waals surface area (Å²) in [6.07, 6.45) is 2.72. The van der Waals surface area contributed by atoms with Crippen molar-refractivity contribution in [2.24, 2.45) is 5.10 Å². The van der Waals surface area contributed by atoms with E-state index in [2.05, 4.69) is 15.3 Å². The lowest BCUT2D eigenvalue weighted by Gasteiger charge is -1.96. The van der Waals surface area contributed by atoms with Gasteiger partial charge < -0.3 is 0 Å². The third-order valence-electron chi connectivity index (χ3n) is 1.81. The molecule has 0 aliphatic rings. The molecule has 1 N–H and O–H groups in total. The third-order valence-corrected chi connectivity index (χ3v) is 2.33. The van der Waals surface area contributed by atoms with E-state index in [9.17, 15) is 4.39 Å². The fraction of sp³-hybridized carbons (Fsp3) is 0. The predicted octanol–water partition coefficient (Wildman–Crippen LogP) is 2.62. The van der Waals surface area contributed by atoms with Gasteiger partial charge in [-0.1, -0.05) is 11.6 Å². The van der Waals surface area contributed by atoms with Crippen LogP contribution in [-0.2, 0) is 0 Å². The van der Waals surface area contributed by atoms with E-state index in [4.69, 9.17) is 23.8 Å². The molecule has 0 unspecified atom stereocenters. The van der Waals surface area contributed by atoms with Crippen molar-refractivity contribution in [1.82, 2.24) is 14.9 Å². The van der Waals surface area contributed by atoms with Crippen molar-refractivity contribution < 1.29 is 4.39 Å². The average molecular weight is 257 g/mol. The van der Waals surface area contributed by atoms with Gasteiger partial charge in [-0.25, -0.2) is 4.39 Å². The summed E-state index contributed by atoms with van der Waals surface area (Å²) in [7, 11) is 0. The second-order valence-electron chi connectivity index (χ2n) is 2.92. The van der Waals surface area contributed by atoms with Crippen LogP contribution in [0.15, 0.2) is 29.6 Å². The highest BCUT2D eigenvalue weighted by molar-refractivity contribution is 7.71. The van der Waals surface area contributed by atoms with E-state index in [0.717, 1.165) is 0 Å². The Balaban J connectivity index is 2.34. The van der Waals surface area contributed by atoms with Crippen LogP contribution in [0, 0.1) is 10.6 Å². The Hall–Kier alpha value is -1.53. The number of H-pyrrole nitrogens is 1. The SMILES string of the molecule is Fc1ccc(Cl)cc1/C=N/n1cn[nH]c1=S. The lowest BCUT2D eigenvalue weighted by atomic mass is 10.2. The van der Waals surface area contributed by atoms with E-state index in [-0.39, 0.29) is 5.56 Å². The van der Waals surface area contributed by atoms with Crippen molar-refractivity contribution >= 4 is 30.0 Å². The summed E-state index contributed by atoms with van der Waals surface area (Å²) in [6, 6.07) is 4.22. The van der Waals surface area contributed by atoms with Crippen LogP contribution in [0.4, 0.5) is 4.39 Å². The molecule has 0 aliphatic heterocycles. The molecule has 0 spiro atoms. The molecular weight excluding hydrogens is 251 g/mol. The minimum atomic E-state index is -0.400. The van der Waals surface area contributed by atoms with E-state index < -0.39 is 5.82 Å². The van der Waals surface area contributed by atoms with Crippen molar-refractivity contribution in [3.05, 3.63) is 45.7 Å². The average Bonchev–Trinajstić information content (AvgIpc) is 2.66. The molecular formula is C9H6ClFN4S. The Labute approximate surface area is 100 Å². The van der Waals surface area contributed by atoms with Crippen LogP contribution >= 0.6 is 23.8 Å². The van der Waals surface area contributed by atoms with Gasteiger partial charge in [0.15, 0.2) is 0 Å². The van der Waals surface area contributed by atoms with Gasteiger partial charge in [-0.05, 0) is 30.4 Å². The van der Waals surface area contributed by atoms with Gasteiger partial charge in [-0.15, -0.1) is 0 Å². The Kier molecular flexibility index (Phi) is 3.12. The van der Waals surface area contributed by atoms with Crippen LogP contribution < -0.4 is 0 Å². The molecule has 0 radical (unpaired) electrons. The molecule has 0 atom stereocenters. The summed E-state index contributed by atoms with van der Waals surface area (Å²) < 4.78 is 14.9. The molecule has 7 heteroatoms. The number of halogens is 2. The number of aromatic nitrogens is 3. The zero-order chi connectivity index (χ0) is 11.5. The summed E-state index contributed by atoms with van der Waals surface area (Å²) in [5, 5.41) is 10.6. The van der Waals surface area contributed by atoms with Gasteiger partial charge in [-0.3, -0.25) is 5.10 Å². The van der Waals surface area contributed by atoms with Gasteiger partial charge in [0.05, 0.1) is 6.21 Å². The lowest BCUT2D eigenvalue weighted by molar-refractivity contribution is 0.625. The lowest BCUT2D eigenvalue weighted by Crippen LogP contribution is -1.92. The first kappa shape index (κ1) is 11.0. The van der Waals surface area contributed by atoms with Crippen molar-refractivity contribution in [3.63, 3.8) is 0 Å². The smallest absolute Gasteiger partial charge is 0.216 e. The Bertz CT molecular complexity index is 589. The maximum Gasteiger partial charge on any atom is 0.216 e. The van der Waals surface area contributed by atoms with Crippen LogP contribution in [0.3, 0.4) is 0 Å². The number of benzene rings is 1. The summed E-state index contributed by atoms with van der Waals surface area (Å²) in [5.74, 6) is -0.400. The highest BCUT2D eigenvalue weighted by Gasteiger charge is 2.00. The Morgan fingerprint density at radius 2 is 2.38 bits per heavy atom. The van der Waals surface area contributed by atoms with Crippen molar-refractivity contribution in [2.75, 3.05) is 0 Å². The van der Waals surface area contributed by atoms with Gasteiger partial charge in [0.1, 0.15) is 12.1 Å². The molecule has 2 rings (SSSR count). The van der Waals surface area contributed by atoms with E-state index in [1.54, 1.807) is 0 Å². The first-order valence-electron chi connectivity index (χ1n) is 4.28. The van der Waals surface area contributed by atoms with E-state index >= 15 is 0 Å². The number of rotatable bonds is 2. The van der Waals surface area contributed by atoms with E-state index in [0.29, 0.717) is 9.79 Å². The maximum atomic E-state index is 13.3. The van der Waals surface area contributed by atoms with Crippen molar-refractivity contribution in [1.29, 1.82) is 0 Å². The first-order chi connectivity index (χ1) is 7.66. The zero-order valence-corrected chi connectivity index (χ0v) is 9.46. The molecule has 1 aromatic carbocycles. The summed E-state index contributed by atoms with van der Waals surface area (Å²) in [4.78, 5) is 0. The largest absolute Gasteiger partial charge is 0.250 e. The predicted molar refractivity (Wildman–Crippen MR) is 61.8 cm³/mol. The molecule has 0 fully saturated rings. The van der Waals surface area contributed by atoms with Crippen LogP contribution in [0.5, 0.6) is 0 Å². The molecule has 16 heavy (non-hydrogen) atoms. The fourth-order valence-electron chi connectivity index (χ4n) is 1.06. The first-order valence-corrected chi connectivity index (χ1v) is 5.07. The Morgan fingerprint density at radius 3 is 3.06 bits per heavy atom. The van der Waals surface area contributed by atoms with Crippen molar-refractivity contribution in [2.45, 2.75) is 0 Å². The maximum absolute atomic E-state index is 13.3. The number of hydrogen-bond acceptors (Lipinski definition) is 3. The van der Waals surface area contributed by atoms with E-state index in [1.807, 2.05) is 0 Å². The second-order valence-corrected chi connectivity index (χ2v) is 3.74. The third kappa shape index (κ3) is 2.34. The normalized spacial score (nSPS) is 11.1. The minimum absolute atomic E-state index is 0.288. The van der Waals surface area contributed by atoms with Gasteiger partial charge in [0, 0.05) is 10.6 Å². The van der Waals surface area contributed by atoms with Crippen LogP contribution in [0.2, 0.25) is 5.02 Å². The molecule has 1 heterocycles. The number of hydrogen-bond donors (Lipinski definition) is 1. The molecule has 0 aliphatic carbocycles. The molecule has 0 saturated heterocycles. The second kappa shape index (κ2) is 4.54. The Morgan fingerprint density at radius 1 is 1.56 bits per heavy atom. The monoisotopic (exact) mass is 256 g/mol. The molecule has 4 nitrogen and oxygen atoms in total. The summed E-state index contributed by atoms with van der Waals surface area (Å²) in [6.45, 7) is 0. The summed E-state index contributed by atoms with van der Waals surface area (Å²) in [5.41, 5.74) is 0.288. The van der Waals surface area contributed by atoms with E-state index in [1.165, 1.54) is 35.4 Å². The van der Waals surface area contributed by atoms with Gasteiger partial charge in [0.25, 0.3) is 0 Å². The number of nitrogens with zero attached hydrogens (tertiary/aromatic N) is 3. The van der Waals surface area contributed by atoms with Gasteiger partial charge >= 0.3 is 0 Å². The number of aromatic amines is 1. The van der Waals surface area contributed by atoms with Crippen molar-refractivity contribution in [3.8, 4) is 0 Å². The zero-order valence-electron chi connectivity index (χ0n) is 7.89. The van der Waals surface area contributed by atoms with Gasteiger partial charge in [-0.2, -0.15) is 14.9 Å². The molecule has 82 valence electrons. The summed E-state index contributed by atoms with van der Waals surface area (Å²) >= 11 is 10.6. The van der Waals surface area contributed by atoms with Gasteiger partial charge in [0.2, 0.25) is 4.77 Å². The molecule has 1 aromatic heterocycles. The molecule has 0 bridgehead atoms. The minimum Gasteiger partial charge on any atom is -0.250 e. The molecule has 0 saturated carbocycles. The molecule has 0 amide bonds.